The lowest BCUT2D eigenvalue weighted by Gasteiger charge is -2.16. The summed E-state index contributed by atoms with van der Waals surface area (Å²) in [6, 6.07) is 7.67. The van der Waals surface area contributed by atoms with Crippen molar-refractivity contribution < 1.29 is 0 Å². The molecule has 1 heterocycles. The Morgan fingerprint density at radius 2 is 1.86 bits per heavy atom. The van der Waals surface area contributed by atoms with Gasteiger partial charge in [0.15, 0.2) is 0 Å². The van der Waals surface area contributed by atoms with Crippen LogP contribution in [0.4, 0.5) is 0 Å². The number of nitrogens with zero attached hydrogens (tertiary/aromatic N) is 4. The van der Waals surface area contributed by atoms with Crippen LogP contribution in [0, 0.1) is 0 Å². The molecule has 0 amide bonds. The van der Waals surface area contributed by atoms with Gasteiger partial charge in [0.05, 0.1) is 6.21 Å². The Bertz CT molecular complexity index is 748. The highest BCUT2D eigenvalue weighted by Gasteiger charge is 2.23. The molecule has 0 bridgehead atoms. The molecule has 2 aromatic rings. The van der Waals surface area contributed by atoms with E-state index in [0.29, 0.717) is 10.9 Å². The third-order valence-electron chi connectivity index (χ3n) is 2.90. The van der Waals surface area contributed by atoms with E-state index in [-0.39, 0.29) is 11.0 Å². The Kier molecular flexibility index (Phi) is 5.18. The van der Waals surface area contributed by atoms with Crippen molar-refractivity contribution in [2.75, 3.05) is 6.26 Å². The van der Waals surface area contributed by atoms with E-state index < -0.39 is 0 Å². The Morgan fingerprint density at radius 3 is 2.41 bits per heavy atom. The van der Waals surface area contributed by atoms with Gasteiger partial charge in [-0.25, -0.2) is 0 Å². The van der Waals surface area contributed by atoms with Gasteiger partial charge in [-0.15, -0.1) is 10.2 Å². The molecule has 0 aliphatic heterocycles. The van der Waals surface area contributed by atoms with E-state index in [2.05, 4.69) is 31.2 Å². The van der Waals surface area contributed by atoms with Crippen LogP contribution < -0.4 is 5.56 Å². The molecule has 0 aliphatic carbocycles. The predicted octanol–water partition coefficient (Wildman–Crippen LogP) is 3.30. The second-order valence-electron chi connectivity index (χ2n) is 5.70. The maximum Gasteiger partial charge on any atom is 0.297 e. The number of aromatic nitrogens is 3. The van der Waals surface area contributed by atoms with Crippen LogP contribution in [0.1, 0.15) is 32.0 Å². The van der Waals surface area contributed by atoms with E-state index >= 15 is 0 Å². The number of hydrogen-bond acceptors (Lipinski definition) is 5. The van der Waals surface area contributed by atoms with Crippen molar-refractivity contribution in [1.29, 1.82) is 0 Å². The molecule has 0 saturated carbocycles. The lowest BCUT2D eigenvalue weighted by Crippen LogP contribution is -2.32. The van der Waals surface area contributed by atoms with E-state index in [4.69, 9.17) is 0 Å². The third kappa shape index (κ3) is 3.84. The Balaban J connectivity index is 2.49. The summed E-state index contributed by atoms with van der Waals surface area (Å²) < 4.78 is 2.30. The highest BCUT2D eigenvalue weighted by molar-refractivity contribution is 9.10. The molecule has 7 heteroatoms. The molecule has 0 N–H and O–H groups in total. The second kappa shape index (κ2) is 6.75. The van der Waals surface area contributed by atoms with Crippen LogP contribution in [0.2, 0.25) is 0 Å². The molecule has 1 aromatic heterocycles. The van der Waals surface area contributed by atoms with Crippen LogP contribution in [0.5, 0.6) is 0 Å². The van der Waals surface area contributed by atoms with Gasteiger partial charge in [0.1, 0.15) is 5.69 Å². The van der Waals surface area contributed by atoms with E-state index in [0.717, 1.165) is 10.0 Å². The Labute approximate surface area is 142 Å². The molecular weight excluding hydrogens is 364 g/mol. The summed E-state index contributed by atoms with van der Waals surface area (Å²) in [5.74, 6) is 0. The molecule has 0 aliphatic rings. The Hall–Kier alpha value is -1.47. The first-order chi connectivity index (χ1) is 10.3. The molecule has 0 fully saturated rings. The van der Waals surface area contributed by atoms with Crippen molar-refractivity contribution in [2.24, 2.45) is 5.10 Å². The predicted molar refractivity (Wildman–Crippen MR) is 93.9 cm³/mol. The zero-order valence-electron chi connectivity index (χ0n) is 12.9. The summed E-state index contributed by atoms with van der Waals surface area (Å²) in [6.07, 6.45) is 3.48. The standard InChI is InChI=1S/C15H17BrN4OS/c1-15(2,3)12-13(21)20(14(22-4)19-18-12)17-9-10-5-7-11(16)8-6-10/h5-9H,1-4H3/b17-9+. The highest BCUT2D eigenvalue weighted by atomic mass is 79.9. The maximum atomic E-state index is 12.6. The molecule has 22 heavy (non-hydrogen) atoms. The van der Waals surface area contributed by atoms with E-state index in [1.165, 1.54) is 16.4 Å². The summed E-state index contributed by atoms with van der Waals surface area (Å²) in [5, 5.41) is 12.9. The first-order valence-corrected chi connectivity index (χ1v) is 8.69. The first kappa shape index (κ1) is 16.9. The third-order valence-corrected chi connectivity index (χ3v) is 4.05. The fourth-order valence-electron chi connectivity index (χ4n) is 1.74. The molecule has 0 saturated heterocycles. The van der Waals surface area contributed by atoms with E-state index in [1.54, 1.807) is 6.21 Å². The van der Waals surface area contributed by atoms with Gasteiger partial charge in [-0.2, -0.15) is 9.78 Å². The monoisotopic (exact) mass is 380 g/mol. The minimum absolute atomic E-state index is 0.236. The molecular formula is C15H17BrN4OS. The normalized spacial score (nSPS) is 12.0. The molecule has 116 valence electrons. The zero-order valence-corrected chi connectivity index (χ0v) is 15.3. The highest BCUT2D eigenvalue weighted by Crippen LogP contribution is 2.17. The Morgan fingerprint density at radius 1 is 1.23 bits per heavy atom. The van der Waals surface area contributed by atoms with Crippen molar-refractivity contribution in [3.63, 3.8) is 0 Å². The summed E-state index contributed by atoms with van der Waals surface area (Å²) in [6.45, 7) is 5.79. The minimum Gasteiger partial charge on any atom is -0.265 e. The molecule has 0 spiro atoms. The summed E-state index contributed by atoms with van der Waals surface area (Å²) in [5.41, 5.74) is 0.686. The van der Waals surface area contributed by atoms with Gasteiger partial charge < -0.3 is 0 Å². The summed E-state index contributed by atoms with van der Waals surface area (Å²) in [7, 11) is 0. The van der Waals surface area contributed by atoms with Crippen molar-refractivity contribution in [3.8, 4) is 0 Å². The molecule has 2 rings (SSSR count). The fourth-order valence-corrected chi connectivity index (χ4v) is 2.43. The minimum atomic E-state index is -0.379. The number of halogens is 1. The van der Waals surface area contributed by atoms with Crippen LogP contribution in [0.25, 0.3) is 0 Å². The van der Waals surface area contributed by atoms with Gasteiger partial charge >= 0.3 is 0 Å². The quantitative estimate of drug-likeness (QED) is 0.605. The summed E-state index contributed by atoms with van der Waals surface area (Å²) >= 11 is 4.72. The van der Waals surface area contributed by atoms with Crippen molar-refractivity contribution in [1.82, 2.24) is 14.9 Å². The largest absolute Gasteiger partial charge is 0.297 e. The number of benzene rings is 1. The molecule has 0 unspecified atom stereocenters. The number of hydrogen-bond donors (Lipinski definition) is 0. The smallest absolute Gasteiger partial charge is 0.265 e. The van der Waals surface area contributed by atoms with Gasteiger partial charge in [0.2, 0.25) is 5.16 Å². The fraction of sp³-hybridized carbons (Fsp3) is 0.333. The number of thioether (sulfide) groups is 1. The van der Waals surface area contributed by atoms with Gasteiger partial charge in [-0.05, 0) is 24.0 Å². The summed E-state index contributed by atoms with van der Waals surface area (Å²) in [4.78, 5) is 12.6. The molecule has 5 nitrogen and oxygen atoms in total. The SMILES string of the molecule is CSc1nnc(C(C)(C)C)c(=O)n1/N=C/c1ccc(Br)cc1. The molecule has 0 atom stereocenters. The van der Waals surface area contributed by atoms with E-state index in [1.807, 2.05) is 51.3 Å². The zero-order chi connectivity index (χ0) is 16.3. The second-order valence-corrected chi connectivity index (χ2v) is 7.39. The first-order valence-electron chi connectivity index (χ1n) is 6.67. The average molecular weight is 381 g/mol. The van der Waals surface area contributed by atoms with Crippen molar-refractivity contribution in [2.45, 2.75) is 31.3 Å². The number of rotatable bonds is 3. The van der Waals surface area contributed by atoms with Crippen molar-refractivity contribution >= 4 is 33.9 Å². The average Bonchev–Trinajstić information content (AvgIpc) is 2.46. The van der Waals surface area contributed by atoms with Crippen LogP contribution in [0.15, 0.2) is 43.8 Å². The van der Waals surface area contributed by atoms with Crippen LogP contribution in [-0.4, -0.2) is 27.3 Å². The topological polar surface area (TPSA) is 60.1 Å². The van der Waals surface area contributed by atoms with Crippen LogP contribution in [0.3, 0.4) is 0 Å². The molecule has 0 radical (unpaired) electrons. The maximum absolute atomic E-state index is 12.6. The van der Waals surface area contributed by atoms with Crippen LogP contribution in [-0.2, 0) is 5.41 Å². The van der Waals surface area contributed by atoms with E-state index in [9.17, 15) is 4.79 Å². The molecule has 1 aromatic carbocycles. The van der Waals surface area contributed by atoms with Gasteiger partial charge in [0.25, 0.3) is 5.56 Å². The van der Waals surface area contributed by atoms with Gasteiger partial charge in [-0.1, -0.05) is 60.6 Å². The van der Waals surface area contributed by atoms with Crippen molar-refractivity contribution in [3.05, 3.63) is 50.3 Å². The lowest BCUT2D eigenvalue weighted by molar-refractivity contribution is 0.510. The van der Waals surface area contributed by atoms with Crippen LogP contribution >= 0.6 is 27.7 Å². The lowest BCUT2D eigenvalue weighted by atomic mass is 9.93. The van der Waals surface area contributed by atoms with Gasteiger partial charge in [0, 0.05) is 9.89 Å². The van der Waals surface area contributed by atoms with Gasteiger partial charge in [-0.3, -0.25) is 4.79 Å².